The van der Waals surface area contributed by atoms with Crippen molar-refractivity contribution in [2.24, 2.45) is 0 Å². The lowest BCUT2D eigenvalue weighted by molar-refractivity contribution is -0.121. The molecule has 4 rings (SSSR count). The number of aromatic nitrogens is 2. The number of hydrogen-bond acceptors (Lipinski definition) is 4. The predicted molar refractivity (Wildman–Crippen MR) is 123 cm³/mol. The quantitative estimate of drug-likeness (QED) is 0.406. The minimum absolute atomic E-state index is 0.0363. The van der Waals surface area contributed by atoms with Crippen molar-refractivity contribution in [3.63, 3.8) is 0 Å². The summed E-state index contributed by atoms with van der Waals surface area (Å²) in [5, 5.41) is 7.76. The van der Waals surface area contributed by atoms with Crippen LogP contribution < -0.4 is 5.32 Å². The van der Waals surface area contributed by atoms with Gasteiger partial charge in [0, 0.05) is 36.7 Å². The molecule has 162 valence electrons. The van der Waals surface area contributed by atoms with Gasteiger partial charge in [-0.2, -0.15) is 5.10 Å². The van der Waals surface area contributed by atoms with Crippen LogP contribution in [0.5, 0.6) is 0 Å². The maximum atomic E-state index is 12.5. The van der Waals surface area contributed by atoms with Gasteiger partial charge in [-0.1, -0.05) is 48.5 Å². The predicted octanol–water partition coefficient (Wildman–Crippen LogP) is 4.89. The van der Waals surface area contributed by atoms with Crippen molar-refractivity contribution >= 4 is 11.7 Å². The number of hydrogen-bond donors (Lipinski definition) is 1. The zero-order valence-corrected chi connectivity index (χ0v) is 18.2. The second-order valence-corrected chi connectivity index (χ2v) is 7.66. The molecule has 0 spiro atoms. The summed E-state index contributed by atoms with van der Waals surface area (Å²) in [6.07, 6.45) is 2.67. The second kappa shape index (κ2) is 9.47. The summed E-state index contributed by atoms with van der Waals surface area (Å²) in [7, 11) is 0. The number of nitrogens with zero attached hydrogens (tertiary/aromatic N) is 2. The monoisotopic (exact) mass is 427 g/mol. The Balaban J connectivity index is 1.46. The van der Waals surface area contributed by atoms with Crippen molar-refractivity contribution in [1.82, 2.24) is 15.1 Å². The van der Waals surface area contributed by atoms with Crippen molar-refractivity contribution < 1.29 is 14.0 Å². The van der Waals surface area contributed by atoms with E-state index < -0.39 is 0 Å². The fraction of sp³-hybridized carbons (Fsp3) is 0.192. The van der Waals surface area contributed by atoms with Crippen LogP contribution in [-0.2, 0) is 17.8 Å². The van der Waals surface area contributed by atoms with Crippen molar-refractivity contribution in [3.05, 3.63) is 95.6 Å². The van der Waals surface area contributed by atoms with E-state index in [0.717, 1.165) is 22.5 Å². The largest absolute Gasteiger partial charge is 0.466 e. The summed E-state index contributed by atoms with van der Waals surface area (Å²) in [6.45, 7) is 3.63. The Kier molecular flexibility index (Phi) is 6.31. The van der Waals surface area contributed by atoms with E-state index in [-0.39, 0.29) is 18.1 Å². The maximum absolute atomic E-state index is 12.5. The molecule has 2 heterocycles. The van der Waals surface area contributed by atoms with Crippen LogP contribution in [0.25, 0.3) is 16.9 Å². The van der Waals surface area contributed by atoms with Gasteiger partial charge in [-0.05, 0) is 32.0 Å². The summed E-state index contributed by atoms with van der Waals surface area (Å²) >= 11 is 0. The van der Waals surface area contributed by atoms with E-state index in [0.29, 0.717) is 30.0 Å². The number of furan rings is 1. The third kappa shape index (κ3) is 4.86. The van der Waals surface area contributed by atoms with E-state index in [2.05, 4.69) is 5.32 Å². The molecule has 0 saturated carbocycles. The lowest BCUT2D eigenvalue weighted by atomic mass is 10.1. The molecule has 32 heavy (non-hydrogen) atoms. The van der Waals surface area contributed by atoms with E-state index in [1.807, 2.05) is 71.5 Å². The molecule has 2 aromatic heterocycles. The number of aryl methyl sites for hydroxylation is 2. The highest BCUT2D eigenvalue weighted by Gasteiger charge is 2.15. The lowest BCUT2D eigenvalue weighted by Gasteiger charge is -2.05. The van der Waals surface area contributed by atoms with Gasteiger partial charge < -0.3 is 9.73 Å². The number of carbonyl (C=O) groups is 2. The second-order valence-electron chi connectivity index (χ2n) is 7.66. The summed E-state index contributed by atoms with van der Waals surface area (Å²) in [4.78, 5) is 24.1. The van der Waals surface area contributed by atoms with Crippen molar-refractivity contribution in [2.45, 2.75) is 33.2 Å². The number of carbonyl (C=O) groups excluding carboxylic acids is 2. The standard InChI is InChI=1S/C26H25N3O3/c1-18(30)24-15-23(32-19(24)2)13-14-25(31)27-16-21-17-29(22-11-7-4-8-12-22)28-26(21)20-9-5-3-6-10-20/h3-12,15,17H,13-14,16H2,1-2H3,(H,27,31). The van der Waals surface area contributed by atoms with Crippen LogP contribution >= 0.6 is 0 Å². The summed E-state index contributed by atoms with van der Waals surface area (Å²) in [5.74, 6) is 1.11. The number of benzene rings is 2. The van der Waals surface area contributed by atoms with E-state index in [1.165, 1.54) is 6.92 Å². The van der Waals surface area contributed by atoms with Crippen LogP contribution in [0.15, 0.2) is 77.3 Å². The van der Waals surface area contributed by atoms with E-state index in [4.69, 9.17) is 9.52 Å². The van der Waals surface area contributed by atoms with E-state index in [9.17, 15) is 9.59 Å². The molecule has 0 atom stereocenters. The third-order valence-corrected chi connectivity index (χ3v) is 5.28. The molecule has 2 aromatic carbocycles. The van der Waals surface area contributed by atoms with Gasteiger partial charge in [-0.3, -0.25) is 9.59 Å². The molecule has 4 aromatic rings. The molecule has 0 aliphatic rings. The molecule has 6 heteroatoms. The topological polar surface area (TPSA) is 77.1 Å². The summed E-state index contributed by atoms with van der Waals surface area (Å²) < 4.78 is 7.44. The van der Waals surface area contributed by atoms with Crippen molar-refractivity contribution in [1.29, 1.82) is 0 Å². The van der Waals surface area contributed by atoms with Gasteiger partial charge in [-0.25, -0.2) is 4.68 Å². The number of nitrogens with one attached hydrogen (secondary N) is 1. The van der Waals surface area contributed by atoms with E-state index in [1.54, 1.807) is 13.0 Å². The van der Waals surface area contributed by atoms with Crippen LogP contribution in [0, 0.1) is 6.92 Å². The van der Waals surface area contributed by atoms with Crippen molar-refractivity contribution in [2.75, 3.05) is 0 Å². The molecule has 0 fully saturated rings. The summed E-state index contributed by atoms with van der Waals surface area (Å²) in [6, 6.07) is 21.5. The lowest BCUT2D eigenvalue weighted by Crippen LogP contribution is -2.23. The van der Waals surface area contributed by atoms with Gasteiger partial charge in [0.05, 0.1) is 16.9 Å². The molecule has 0 bridgehead atoms. The van der Waals surface area contributed by atoms with Crippen LogP contribution in [0.4, 0.5) is 0 Å². The maximum Gasteiger partial charge on any atom is 0.220 e. The Hall–Kier alpha value is -3.93. The number of ketones is 1. The molecular formula is C26H25N3O3. The first-order chi connectivity index (χ1) is 15.5. The Bertz CT molecular complexity index is 1220. The molecule has 1 N–H and O–H groups in total. The highest BCUT2D eigenvalue weighted by molar-refractivity contribution is 5.95. The normalized spacial score (nSPS) is 10.8. The van der Waals surface area contributed by atoms with Crippen LogP contribution in [-0.4, -0.2) is 21.5 Å². The fourth-order valence-electron chi connectivity index (χ4n) is 3.63. The van der Waals surface area contributed by atoms with E-state index >= 15 is 0 Å². The van der Waals surface area contributed by atoms with Gasteiger partial charge in [0.25, 0.3) is 0 Å². The highest BCUT2D eigenvalue weighted by Crippen LogP contribution is 2.23. The smallest absolute Gasteiger partial charge is 0.220 e. The van der Waals surface area contributed by atoms with Crippen LogP contribution in [0.3, 0.4) is 0 Å². The fourth-order valence-corrected chi connectivity index (χ4v) is 3.63. The number of Topliss-reactive ketones (excluding diaryl/α,β-unsaturated/α-hetero) is 1. The first-order valence-electron chi connectivity index (χ1n) is 10.6. The minimum Gasteiger partial charge on any atom is -0.466 e. The van der Waals surface area contributed by atoms with Crippen LogP contribution in [0.2, 0.25) is 0 Å². The van der Waals surface area contributed by atoms with Gasteiger partial charge >= 0.3 is 0 Å². The van der Waals surface area contributed by atoms with Gasteiger partial charge in [0.15, 0.2) is 5.78 Å². The average Bonchev–Trinajstić information content (AvgIpc) is 3.41. The van der Waals surface area contributed by atoms with Gasteiger partial charge in [0.2, 0.25) is 5.91 Å². The van der Waals surface area contributed by atoms with Crippen molar-refractivity contribution in [3.8, 4) is 16.9 Å². The molecule has 6 nitrogen and oxygen atoms in total. The van der Waals surface area contributed by atoms with Crippen LogP contribution in [0.1, 0.15) is 40.8 Å². The Morgan fingerprint density at radius 1 is 1.03 bits per heavy atom. The zero-order chi connectivity index (χ0) is 22.5. The summed E-state index contributed by atoms with van der Waals surface area (Å²) in [5.41, 5.74) is 4.29. The first kappa shape index (κ1) is 21.3. The number of para-hydroxylation sites is 1. The van der Waals surface area contributed by atoms with Gasteiger partial charge in [0.1, 0.15) is 11.5 Å². The zero-order valence-electron chi connectivity index (χ0n) is 18.2. The minimum atomic E-state index is -0.0881. The first-order valence-corrected chi connectivity index (χ1v) is 10.6. The molecule has 0 aliphatic carbocycles. The average molecular weight is 428 g/mol. The Labute approximate surface area is 186 Å². The molecule has 0 unspecified atom stereocenters. The molecule has 1 amide bonds. The Morgan fingerprint density at radius 2 is 1.72 bits per heavy atom. The molecule has 0 saturated heterocycles. The third-order valence-electron chi connectivity index (χ3n) is 5.28. The number of rotatable bonds is 8. The SMILES string of the molecule is CC(=O)c1cc(CCC(=O)NCc2cn(-c3ccccc3)nc2-c2ccccc2)oc1C. The van der Waals surface area contributed by atoms with Gasteiger partial charge in [-0.15, -0.1) is 0 Å². The Morgan fingerprint density at radius 3 is 2.38 bits per heavy atom. The number of amides is 1. The molecule has 0 radical (unpaired) electrons. The highest BCUT2D eigenvalue weighted by atomic mass is 16.3. The molecule has 0 aliphatic heterocycles. The molecular weight excluding hydrogens is 402 g/mol.